The molecule has 5 heterocycles. The number of benzene rings is 15. The van der Waals surface area contributed by atoms with E-state index in [2.05, 4.69) is 301 Å². The first kappa shape index (κ1) is 50.5. The molecule has 0 fully saturated rings. The molecule has 20 aromatic rings. The third kappa shape index (κ3) is 7.88. The summed E-state index contributed by atoms with van der Waals surface area (Å²) in [6.45, 7) is 0. The van der Waals surface area contributed by atoms with Crippen molar-refractivity contribution >= 4 is 195 Å². The van der Waals surface area contributed by atoms with E-state index in [0.717, 1.165) is 106 Å². The number of para-hydroxylation sites is 1. The molecule has 0 bridgehead atoms. The largest absolute Gasteiger partial charge is 0.456 e. The van der Waals surface area contributed by atoms with Gasteiger partial charge in [0.05, 0.1) is 5.69 Å². The molecule has 0 saturated heterocycles. The summed E-state index contributed by atoms with van der Waals surface area (Å²) in [6, 6.07) is 105. The standard InChI is InChI=1S/C84H48N2O3S2/c1-3-12-49(13-4-1)50-24-27-59(28-25-50)86(72-21-11-17-51-14-9-10-20-63(51)72)62-31-34-68-78(48-62)89-75-39-36-66-71-43-57-40-54(22-23-56(57)45-80(71)91-84(66)82(68)75)55-26-37-73-69(41-55)64-32-29-60(46-76(64)87-73)85(58-18-5-2-6-19-58)61-30-33-67-77(47-61)88-74-38-35-65-70-42-52-15-7-8-16-53(52)44-79(70)90-83(65)81(67)74/h1-48H. The van der Waals surface area contributed by atoms with Gasteiger partial charge in [0.15, 0.2) is 0 Å². The highest BCUT2D eigenvalue weighted by Crippen LogP contribution is 2.49. The van der Waals surface area contributed by atoms with Crippen LogP contribution in [0.25, 0.3) is 161 Å². The van der Waals surface area contributed by atoms with E-state index >= 15 is 0 Å². The van der Waals surface area contributed by atoms with Crippen LogP contribution in [-0.4, -0.2) is 0 Å². The molecule has 0 aliphatic carbocycles. The van der Waals surface area contributed by atoms with E-state index in [1.54, 1.807) is 0 Å². The number of furan rings is 3. The van der Waals surface area contributed by atoms with Gasteiger partial charge in [0.25, 0.3) is 0 Å². The fraction of sp³-hybridized carbons (Fsp3) is 0. The van der Waals surface area contributed by atoms with Gasteiger partial charge in [0, 0.05) is 125 Å². The van der Waals surface area contributed by atoms with E-state index in [-0.39, 0.29) is 0 Å². The number of rotatable bonds is 8. The first-order chi connectivity index (χ1) is 45.0. The quantitative estimate of drug-likeness (QED) is 0.152. The minimum Gasteiger partial charge on any atom is -0.456 e. The van der Waals surface area contributed by atoms with Gasteiger partial charge in [-0.2, -0.15) is 0 Å². The van der Waals surface area contributed by atoms with Gasteiger partial charge in [-0.15, -0.1) is 22.7 Å². The predicted octanol–water partition coefficient (Wildman–Crippen LogP) is 25.9. The maximum absolute atomic E-state index is 6.84. The number of hydrogen-bond donors (Lipinski definition) is 0. The third-order valence-corrected chi connectivity index (χ3v) is 21.1. The molecule has 5 aromatic heterocycles. The summed E-state index contributed by atoms with van der Waals surface area (Å²) in [5, 5.41) is 19.0. The lowest BCUT2D eigenvalue weighted by Gasteiger charge is -2.27. The van der Waals surface area contributed by atoms with Crippen LogP contribution in [0.2, 0.25) is 0 Å². The Hall–Kier alpha value is -11.5. The number of nitrogens with zero attached hydrogens (tertiary/aromatic N) is 2. The van der Waals surface area contributed by atoms with Gasteiger partial charge < -0.3 is 23.1 Å². The highest BCUT2D eigenvalue weighted by Gasteiger charge is 2.23. The van der Waals surface area contributed by atoms with Crippen molar-refractivity contribution in [2.45, 2.75) is 0 Å². The van der Waals surface area contributed by atoms with Crippen molar-refractivity contribution in [3.05, 3.63) is 291 Å². The van der Waals surface area contributed by atoms with Gasteiger partial charge in [0.1, 0.15) is 33.5 Å². The van der Waals surface area contributed by atoms with Gasteiger partial charge >= 0.3 is 0 Å². The molecule has 0 unspecified atom stereocenters. The molecule has 0 amide bonds. The predicted molar refractivity (Wildman–Crippen MR) is 387 cm³/mol. The van der Waals surface area contributed by atoms with Gasteiger partial charge in [-0.05, 0) is 183 Å². The number of anilines is 6. The SMILES string of the molecule is c1ccc(-c2ccc(N(c3ccc4c(c3)oc3ccc5c6cc7cc(-c8ccc9oc%10cc(N(c%11ccccc%11)c%11ccc%12c(c%11)oc%11ccc%13c%14cc%15ccccc%15cc%14sc%13c%11%12)ccc%10c9c8)ccc7cc6sc5c34)c3cccc4ccccc34)cc2)cc1. The Kier molecular flexibility index (Phi) is 10.8. The molecule has 424 valence electrons. The lowest BCUT2D eigenvalue weighted by molar-refractivity contribution is 0.668. The number of hydrogen-bond acceptors (Lipinski definition) is 7. The highest BCUT2D eigenvalue weighted by atomic mass is 32.1. The van der Waals surface area contributed by atoms with Crippen molar-refractivity contribution in [1.29, 1.82) is 0 Å². The average molecular weight is 1200 g/mol. The lowest BCUT2D eigenvalue weighted by Crippen LogP contribution is -2.10. The van der Waals surface area contributed by atoms with Crippen molar-refractivity contribution in [1.82, 2.24) is 0 Å². The first-order valence-electron chi connectivity index (χ1n) is 30.7. The number of thiophene rings is 2. The van der Waals surface area contributed by atoms with Crippen molar-refractivity contribution in [2.75, 3.05) is 9.80 Å². The van der Waals surface area contributed by atoms with E-state index in [4.69, 9.17) is 13.3 Å². The fourth-order valence-corrected chi connectivity index (χ4v) is 17.0. The molecule has 0 N–H and O–H groups in total. The smallest absolute Gasteiger partial charge is 0.137 e. The molecule has 0 radical (unpaired) electrons. The topological polar surface area (TPSA) is 45.9 Å². The summed E-state index contributed by atoms with van der Waals surface area (Å²) in [4.78, 5) is 4.65. The maximum atomic E-state index is 6.84. The molecule has 0 aliphatic rings. The van der Waals surface area contributed by atoms with Crippen LogP contribution in [0.3, 0.4) is 0 Å². The average Bonchev–Trinajstić information content (AvgIpc) is 1.88. The lowest BCUT2D eigenvalue weighted by atomic mass is 9.98. The highest BCUT2D eigenvalue weighted by molar-refractivity contribution is 7.27. The van der Waals surface area contributed by atoms with Gasteiger partial charge in [-0.3, -0.25) is 0 Å². The van der Waals surface area contributed by atoms with Crippen LogP contribution in [0, 0.1) is 0 Å². The van der Waals surface area contributed by atoms with Crippen LogP contribution in [0.4, 0.5) is 34.1 Å². The zero-order valence-corrected chi connectivity index (χ0v) is 50.3. The summed E-state index contributed by atoms with van der Waals surface area (Å²) in [7, 11) is 0. The Morgan fingerprint density at radius 2 is 0.681 bits per heavy atom. The molecular formula is C84H48N2O3S2. The van der Waals surface area contributed by atoms with Gasteiger partial charge in [-0.1, -0.05) is 140 Å². The van der Waals surface area contributed by atoms with Crippen molar-refractivity contribution < 1.29 is 13.3 Å². The molecule has 15 aromatic carbocycles. The van der Waals surface area contributed by atoms with Crippen molar-refractivity contribution in [3.63, 3.8) is 0 Å². The Labute approximate surface area is 528 Å². The number of fused-ring (bicyclic) bond motifs is 20. The van der Waals surface area contributed by atoms with Crippen LogP contribution >= 0.6 is 22.7 Å². The summed E-state index contributed by atoms with van der Waals surface area (Å²) >= 11 is 3.70. The molecule has 0 atom stereocenters. The zero-order valence-electron chi connectivity index (χ0n) is 48.6. The maximum Gasteiger partial charge on any atom is 0.137 e. The van der Waals surface area contributed by atoms with Crippen LogP contribution in [-0.2, 0) is 0 Å². The van der Waals surface area contributed by atoms with Crippen LogP contribution < -0.4 is 9.80 Å². The molecule has 5 nitrogen and oxygen atoms in total. The summed E-state index contributed by atoms with van der Waals surface area (Å²) in [5.74, 6) is 0. The molecule has 0 saturated carbocycles. The Balaban J connectivity index is 0.640. The Morgan fingerprint density at radius 1 is 0.220 bits per heavy atom. The van der Waals surface area contributed by atoms with E-state index < -0.39 is 0 Å². The van der Waals surface area contributed by atoms with Gasteiger partial charge in [0.2, 0.25) is 0 Å². The third-order valence-electron chi connectivity index (χ3n) is 18.8. The summed E-state index contributed by atoms with van der Waals surface area (Å²) < 4.78 is 25.4. The summed E-state index contributed by atoms with van der Waals surface area (Å²) in [6.07, 6.45) is 0. The van der Waals surface area contributed by atoms with E-state index in [9.17, 15) is 0 Å². The Bertz CT molecular complexity index is 6400. The van der Waals surface area contributed by atoms with Gasteiger partial charge in [-0.25, -0.2) is 0 Å². The molecule has 20 rings (SSSR count). The molecule has 0 aliphatic heterocycles. The second-order valence-electron chi connectivity index (χ2n) is 23.9. The van der Waals surface area contributed by atoms with Crippen LogP contribution in [0.15, 0.2) is 304 Å². The normalized spacial score (nSPS) is 12.2. The minimum absolute atomic E-state index is 0.827. The van der Waals surface area contributed by atoms with E-state index in [1.165, 1.54) is 89.2 Å². The van der Waals surface area contributed by atoms with E-state index in [0.29, 0.717) is 0 Å². The monoisotopic (exact) mass is 1200 g/mol. The molecular weight excluding hydrogens is 1150 g/mol. The van der Waals surface area contributed by atoms with Crippen LogP contribution in [0.5, 0.6) is 0 Å². The summed E-state index contributed by atoms with van der Waals surface area (Å²) in [5.41, 5.74) is 16.1. The second kappa shape index (κ2) is 19.5. The van der Waals surface area contributed by atoms with Crippen molar-refractivity contribution in [3.8, 4) is 22.3 Å². The van der Waals surface area contributed by atoms with Crippen LogP contribution in [0.1, 0.15) is 0 Å². The first-order valence-corrected chi connectivity index (χ1v) is 32.4. The van der Waals surface area contributed by atoms with E-state index in [1.807, 2.05) is 22.7 Å². The van der Waals surface area contributed by atoms with Crippen molar-refractivity contribution in [2.24, 2.45) is 0 Å². The molecule has 91 heavy (non-hydrogen) atoms. The Morgan fingerprint density at radius 3 is 1.36 bits per heavy atom. The molecule has 0 spiro atoms. The second-order valence-corrected chi connectivity index (χ2v) is 26.0. The zero-order chi connectivity index (χ0) is 59.4. The fourth-order valence-electron chi connectivity index (χ4n) is 14.4. The molecule has 7 heteroatoms. The minimum atomic E-state index is 0.827.